The highest BCUT2D eigenvalue weighted by atomic mass is 79.9. The van der Waals surface area contributed by atoms with E-state index in [1.54, 1.807) is 36.5 Å². The zero-order valence-corrected chi connectivity index (χ0v) is 12.6. The van der Waals surface area contributed by atoms with Gasteiger partial charge in [-0.05, 0) is 35.9 Å². The van der Waals surface area contributed by atoms with Gasteiger partial charge in [0.25, 0.3) is 0 Å². The largest absolute Gasteiger partial charge is 0.294 e. The lowest BCUT2D eigenvalue weighted by atomic mass is 9.99. The molecule has 2 nitrogen and oxygen atoms in total. The van der Waals surface area contributed by atoms with Crippen molar-refractivity contribution < 1.29 is 9.18 Å². The first-order chi connectivity index (χ1) is 10.1. The fourth-order valence-corrected chi connectivity index (χ4v) is 2.70. The quantitative estimate of drug-likeness (QED) is 0.652. The van der Waals surface area contributed by atoms with Crippen molar-refractivity contribution in [3.8, 4) is 0 Å². The SMILES string of the molecule is O=C(Cc1cc(Br)ccc1F)c1cccc2ncccc12. The molecule has 0 spiro atoms. The topological polar surface area (TPSA) is 30.0 Å². The van der Waals surface area contributed by atoms with Gasteiger partial charge in [0.15, 0.2) is 5.78 Å². The molecule has 21 heavy (non-hydrogen) atoms. The molecule has 104 valence electrons. The van der Waals surface area contributed by atoms with Crippen LogP contribution in [-0.2, 0) is 6.42 Å². The Morgan fingerprint density at radius 2 is 2.00 bits per heavy atom. The molecule has 3 rings (SSSR count). The Morgan fingerprint density at radius 3 is 2.86 bits per heavy atom. The van der Waals surface area contributed by atoms with Crippen molar-refractivity contribution in [2.45, 2.75) is 6.42 Å². The van der Waals surface area contributed by atoms with Crippen molar-refractivity contribution in [2.75, 3.05) is 0 Å². The maximum absolute atomic E-state index is 13.8. The summed E-state index contributed by atoms with van der Waals surface area (Å²) in [5.74, 6) is -0.490. The maximum Gasteiger partial charge on any atom is 0.168 e. The summed E-state index contributed by atoms with van der Waals surface area (Å²) in [4.78, 5) is 16.7. The number of hydrogen-bond acceptors (Lipinski definition) is 2. The van der Waals surface area contributed by atoms with Crippen LogP contribution in [0.3, 0.4) is 0 Å². The summed E-state index contributed by atoms with van der Waals surface area (Å²) in [6.07, 6.45) is 1.71. The van der Waals surface area contributed by atoms with Crippen LogP contribution in [-0.4, -0.2) is 10.8 Å². The molecule has 0 bridgehead atoms. The number of aromatic nitrogens is 1. The van der Waals surface area contributed by atoms with Crippen LogP contribution in [0.15, 0.2) is 59.2 Å². The minimum Gasteiger partial charge on any atom is -0.294 e. The van der Waals surface area contributed by atoms with Crippen LogP contribution >= 0.6 is 15.9 Å². The molecule has 0 N–H and O–H groups in total. The molecule has 0 saturated carbocycles. The molecule has 0 atom stereocenters. The predicted octanol–water partition coefficient (Wildman–Crippen LogP) is 4.56. The van der Waals surface area contributed by atoms with Crippen LogP contribution in [0, 0.1) is 5.82 Å². The van der Waals surface area contributed by atoms with Crippen LogP contribution < -0.4 is 0 Å². The lowest BCUT2D eigenvalue weighted by molar-refractivity contribution is 0.0993. The third-order valence-electron chi connectivity index (χ3n) is 3.30. The molecule has 2 aromatic carbocycles. The minimum absolute atomic E-state index is 0.0271. The van der Waals surface area contributed by atoms with Crippen molar-refractivity contribution in [1.82, 2.24) is 4.98 Å². The van der Waals surface area contributed by atoms with Gasteiger partial charge in [0.1, 0.15) is 5.82 Å². The van der Waals surface area contributed by atoms with Gasteiger partial charge in [-0.2, -0.15) is 0 Å². The monoisotopic (exact) mass is 343 g/mol. The van der Waals surface area contributed by atoms with Gasteiger partial charge in [-0.25, -0.2) is 4.39 Å². The molecule has 0 aliphatic carbocycles. The first-order valence-electron chi connectivity index (χ1n) is 6.46. The lowest BCUT2D eigenvalue weighted by Gasteiger charge is -2.06. The van der Waals surface area contributed by atoms with Crippen LogP contribution in [0.25, 0.3) is 10.9 Å². The molecule has 3 aromatic rings. The second-order valence-electron chi connectivity index (χ2n) is 4.71. The van der Waals surface area contributed by atoms with E-state index < -0.39 is 0 Å². The molecule has 1 aromatic heterocycles. The molecular formula is C17H11BrFNO. The Morgan fingerprint density at radius 1 is 1.14 bits per heavy atom. The molecule has 0 saturated heterocycles. The number of halogens is 2. The molecule has 0 fully saturated rings. The molecular weight excluding hydrogens is 333 g/mol. The van der Waals surface area contributed by atoms with Crippen molar-refractivity contribution in [3.05, 3.63) is 76.1 Å². The second-order valence-corrected chi connectivity index (χ2v) is 5.63. The summed E-state index contributed by atoms with van der Waals surface area (Å²) in [5.41, 5.74) is 1.72. The predicted molar refractivity (Wildman–Crippen MR) is 83.9 cm³/mol. The van der Waals surface area contributed by atoms with Crippen molar-refractivity contribution in [1.29, 1.82) is 0 Å². The van der Waals surface area contributed by atoms with E-state index in [0.717, 1.165) is 15.4 Å². The van der Waals surface area contributed by atoms with E-state index in [1.807, 2.05) is 12.1 Å². The minimum atomic E-state index is -0.370. The summed E-state index contributed by atoms with van der Waals surface area (Å²) in [7, 11) is 0. The van der Waals surface area contributed by atoms with E-state index in [0.29, 0.717) is 11.1 Å². The first-order valence-corrected chi connectivity index (χ1v) is 7.25. The number of fused-ring (bicyclic) bond motifs is 1. The third kappa shape index (κ3) is 2.85. The normalized spacial score (nSPS) is 10.8. The smallest absolute Gasteiger partial charge is 0.168 e. The van der Waals surface area contributed by atoms with E-state index in [9.17, 15) is 9.18 Å². The number of benzene rings is 2. The summed E-state index contributed by atoms with van der Waals surface area (Å²) < 4.78 is 14.5. The number of carbonyl (C=O) groups is 1. The van der Waals surface area contributed by atoms with Gasteiger partial charge in [0.05, 0.1) is 5.52 Å². The third-order valence-corrected chi connectivity index (χ3v) is 3.80. The van der Waals surface area contributed by atoms with E-state index >= 15 is 0 Å². The Labute approximate surface area is 129 Å². The highest BCUT2D eigenvalue weighted by Crippen LogP contribution is 2.21. The number of Topliss-reactive ketones (excluding diaryl/α,β-unsaturated/α-hetero) is 1. The number of rotatable bonds is 3. The van der Waals surface area contributed by atoms with Crippen molar-refractivity contribution >= 4 is 32.6 Å². The van der Waals surface area contributed by atoms with E-state index in [4.69, 9.17) is 0 Å². The standard InChI is InChI=1S/C17H11BrFNO/c18-12-6-7-15(19)11(9-12)10-17(21)14-3-1-5-16-13(14)4-2-8-20-16/h1-9H,10H2. The Balaban J connectivity index is 1.99. The van der Waals surface area contributed by atoms with Crippen LogP contribution in [0.1, 0.15) is 15.9 Å². The fourth-order valence-electron chi connectivity index (χ4n) is 2.29. The van der Waals surface area contributed by atoms with E-state index in [-0.39, 0.29) is 18.0 Å². The van der Waals surface area contributed by atoms with Gasteiger partial charge in [0.2, 0.25) is 0 Å². The summed E-state index contributed by atoms with van der Waals surface area (Å²) in [5, 5.41) is 0.792. The van der Waals surface area contributed by atoms with Crippen molar-refractivity contribution in [2.24, 2.45) is 0 Å². The van der Waals surface area contributed by atoms with Crippen LogP contribution in [0.2, 0.25) is 0 Å². The van der Waals surface area contributed by atoms with E-state index in [1.165, 1.54) is 6.07 Å². The van der Waals surface area contributed by atoms with Gasteiger partial charge in [0, 0.05) is 28.0 Å². The average molecular weight is 344 g/mol. The zero-order chi connectivity index (χ0) is 14.8. The lowest BCUT2D eigenvalue weighted by Crippen LogP contribution is -2.06. The Bertz CT molecular complexity index is 827. The molecule has 1 heterocycles. The summed E-state index contributed by atoms with van der Waals surface area (Å²) in [6.45, 7) is 0. The van der Waals surface area contributed by atoms with Gasteiger partial charge >= 0.3 is 0 Å². The van der Waals surface area contributed by atoms with Crippen LogP contribution in [0.5, 0.6) is 0 Å². The van der Waals surface area contributed by atoms with Gasteiger partial charge in [-0.15, -0.1) is 0 Å². The summed E-state index contributed by atoms with van der Waals surface area (Å²) >= 11 is 3.29. The van der Waals surface area contributed by atoms with Crippen molar-refractivity contribution in [3.63, 3.8) is 0 Å². The number of ketones is 1. The summed E-state index contributed by atoms with van der Waals surface area (Å²) in [6, 6.07) is 13.7. The second kappa shape index (κ2) is 5.74. The van der Waals surface area contributed by atoms with Gasteiger partial charge in [-0.1, -0.05) is 34.1 Å². The Hall–Kier alpha value is -2.07. The number of pyridine rings is 1. The number of carbonyl (C=O) groups excluding carboxylic acids is 1. The molecule has 0 radical (unpaired) electrons. The average Bonchev–Trinajstić information content (AvgIpc) is 2.50. The molecule has 4 heteroatoms. The molecule has 0 amide bonds. The molecule has 0 unspecified atom stereocenters. The molecule has 0 aliphatic rings. The van der Waals surface area contributed by atoms with E-state index in [2.05, 4.69) is 20.9 Å². The number of nitrogens with zero attached hydrogens (tertiary/aromatic N) is 1. The van der Waals surface area contributed by atoms with Gasteiger partial charge in [-0.3, -0.25) is 9.78 Å². The zero-order valence-electron chi connectivity index (χ0n) is 11.0. The molecule has 0 aliphatic heterocycles. The highest BCUT2D eigenvalue weighted by molar-refractivity contribution is 9.10. The first kappa shape index (κ1) is 13.9. The number of hydrogen-bond donors (Lipinski definition) is 0. The maximum atomic E-state index is 13.8. The van der Waals surface area contributed by atoms with Crippen LogP contribution in [0.4, 0.5) is 4.39 Å². The highest BCUT2D eigenvalue weighted by Gasteiger charge is 2.13. The Kier molecular flexibility index (Phi) is 3.80. The fraction of sp³-hybridized carbons (Fsp3) is 0.0588. The van der Waals surface area contributed by atoms with Gasteiger partial charge < -0.3 is 0 Å².